The fourth-order valence-electron chi connectivity index (χ4n) is 8.73. The second-order valence-corrected chi connectivity index (χ2v) is 17.1. The third kappa shape index (κ3) is 6.98. The minimum Gasteiger partial charge on any atom is -0.344 e. The second kappa shape index (κ2) is 14.9. The highest BCUT2D eigenvalue weighted by atomic mass is 32.2. The van der Waals surface area contributed by atoms with Gasteiger partial charge in [-0.05, 0) is 91.1 Å². The molecule has 0 atom stereocenters. The fourth-order valence-corrected chi connectivity index (χ4v) is 9.24. The van der Waals surface area contributed by atoms with E-state index in [1.54, 1.807) is 6.07 Å². The van der Waals surface area contributed by atoms with Crippen molar-refractivity contribution in [1.82, 2.24) is 5.06 Å². The first kappa shape index (κ1) is 38.9. The van der Waals surface area contributed by atoms with Crippen LogP contribution in [0.3, 0.4) is 0 Å². The Morgan fingerprint density at radius 2 is 1.55 bits per heavy atom. The number of anilines is 1. The van der Waals surface area contributed by atoms with Crippen LogP contribution in [0.5, 0.6) is 0 Å². The summed E-state index contributed by atoms with van der Waals surface area (Å²) in [5.41, 5.74) is 6.29. The summed E-state index contributed by atoms with van der Waals surface area (Å²) in [4.78, 5) is 43.3. The van der Waals surface area contributed by atoms with Gasteiger partial charge in [0, 0.05) is 60.3 Å². The van der Waals surface area contributed by atoms with Gasteiger partial charge in [0.25, 0.3) is 21.9 Å². The Kier molecular flexibility index (Phi) is 10.4. The van der Waals surface area contributed by atoms with Crippen molar-refractivity contribution in [3.8, 4) is 0 Å². The van der Waals surface area contributed by atoms with Crippen LogP contribution in [0.4, 0.5) is 11.4 Å². The normalized spacial score (nSPS) is 18.4. The van der Waals surface area contributed by atoms with Crippen molar-refractivity contribution >= 4 is 66.5 Å². The first-order valence-electron chi connectivity index (χ1n) is 19.3. The summed E-state index contributed by atoms with van der Waals surface area (Å²) in [6.45, 7) is 12.6. The van der Waals surface area contributed by atoms with E-state index in [2.05, 4.69) is 111 Å². The number of amides is 2. The van der Waals surface area contributed by atoms with Gasteiger partial charge in [-0.3, -0.25) is 14.1 Å². The molecule has 3 aliphatic rings. The molecule has 0 radical (unpaired) electrons. The van der Waals surface area contributed by atoms with Crippen molar-refractivity contribution in [2.75, 3.05) is 18.0 Å². The first-order valence-corrected chi connectivity index (χ1v) is 20.7. The van der Waals surface area contributed by atoms with Crippen LogP contribution in [0.1, 0.15) is 84.3 Å². The van der Waals surface area contributed by atoms with E-state index in [0.717, 1.165) is 35.3 Å². The Hall–Kier alpha value is -5.39. The van der Waals surface area contributed by atoms with Crippen LogP contribution in [0.2, 0.25) is 0 Å². The predicted molar refractivity (Wildman–Crippen MR) is 219 cm³/mol. The van der Waals surface area contributed by atoms with E-state index in [-0.39, 0.29) is 29.6 Å². The van der Waals surface area contributed by atoms with Gasteiger partial charge in [-0.2, -0.15) is 13.0 Å². The average Bonchev–Trinajstić information content (AvgIpc) is 3.68. The number of imide groups is 1. The zero-order chi connectivity index (χ0) is 40.0. The lowest BCUT2D eigenvalue weighted by atomic mass is 9.79. The number of carbonyl (C=O) groups is 3. The fraction of sp³-hybridized carbons (Fsp3) is 0.333. The first-order chi connectivity index (χ1) is 26.6. The van der Waals surface area contributed by atoms with Gasteiger partial charge in [-0.15, -0.1) is 5.06 Å². The standard InChI is InChI=1S/C45H47N3O7S/c1-6-46-35-24-20-30-15-12-13-16-33(30)42(35)44(2,3)37(46)17-9-7-10-18-38-45(4,5)43-34-23-22-32(56(52,53)54)29-31(34)21-25-36(43)47(38)28-14-8-11-19-41(51)55-48-39(49)26-27-40(48)50/h7,9-10,12-13,15-18,20-25,29H,6,8,11,14,19,26-28H2,1-5H3/p+1. The molecule has 1 fully saturated rings. The molecule has 0 spiro atoms. The van der Waals surface area contributed by atoms with E-state index in [0.29, 0.717) is 29.8 Å². The maximum absolute atomic E-state index is 12.4. The Morgan fingerprint density at radius 3 is 2.29 bits per heavy atom. The van der Waals surface area contributed by atoms with Crippen LogP contribution in [-0.2, 0) is 40.2 Å². The van der Waals surface area contributed by atoms with Crippen molar-refractivity contribution in [3.63, 3.8) is 0 Å². The minimum atomic E-state index is -4.37. The summed E-state index contributed by atoms with van der Waals surface area (Å²) in [5, 5.41) is 4.71. The molecule has 10 nitrogen and oxygen atoms in total. The van der Waals surface area contributed by atoms with Gasteiger partial charge in [0.1, 0.15) is 6.54 Å². The number of hydrogen-bond donors (Lipinski definition) is 1. The number of fused-ring (bicyclic) bond motifs is 6. The Morgan fingerprint density at radius 1 is 0.839 bits per heavy atom. The maximum Gasteiger partial charge on any atom is 0.333 e. The van der Waals surface area contributed by atoms with E-state index in [9.17, 15) is 27.4 Å². The predicted octanol–water partition coefficient (Wildman–Crippen LogP) is 8.60. The van der Waals surface area contributed by atoms with Crippen LogP contribution >= 0.6 is 0 Å². The summed E-state index contributed by atoms with van der Waals surface area (Å²) >= 11 is 0. The van der Waals surface area contributed by atoms with Crippen molar-refractivity contribution in [2.45, 2.75) is 88.9 Å². The minimum absolute atomic E-state index is 0.0552. The highest BCUT2D eigenvalue weighted by Crippen LogP contribution is 2.51. The molecule has 1 saturated heterocycles. The largest absolute Gasteiger partial charge is 0.344 e. The highest BCUT2D eigenvalue weighted by molar-refractivity contribution is 7.85. The monoisotopic (exact) mass is 774 g/mol. The summed E-state index contributed by atoms with van der Waals surface area (Å²) < 4.78 is 36.1. The van der Waals surface area contributed by atoms with Crippen molar-refractivity contribution in [2.24, 2.45) is 0 Å². The third-order valence-electron chi connectivity index (χ3n) is 11.4. The van der Waals surface area contributed by atoms with Gasteiger partial charge in [-0.25, -0.2) is 4.79 Å². The molecule has 7 rings (SSSR count). The number of unbranched alkanes of at least 4 members (excludes halogenated alkanes) is 2. The third-order valence-corrected chi connectivity index (χ3v) is 12.2. The molecule has 0 bridgehead atoms. The number of hydrogen-bond acceptors (Lipinski definition) is 7. The summed E-state index contributed by atoms with van der Waals surface area (Å²) in [5.74, 6) is -1.59. The van der Waals surface area contributed by atoms with E-state index >= 15 is 0 Å². The molecule has 0 aromatic heterocycles. The second-order valence-electron chi connectivity index (χ2n) is 15.7. The lowest BCUT2D eigenvalue weighted by molar-refractivity contribution is -0.433. The van der Waals surface area contributed by atoms with Crippen LogP contribution in [0.25, 0.3) is 21.5 Å². The lowest BCUT2D eigenvalue weighted by Crippen LogP contribution is -2.32. The number of nitrogens with zero attached hydrogens (tertiary/aromatic N) is 3. The Bertz CT molecular complexity index is 2510. The summed E-state index contributed by atoms with van der Waals surface area (Å²) in [6.07, 6.45) is 12.7. The molecule has 4 aromatic carbocycles. The summed E-state index contributed by atoms with van der Waals surface area (Å²) in [7, 11) is -4.37. The topological polar surface area (TPSA) is 124 Å². The van der Waals surface area contributed by atoms with Gasteiger partial charge >= 0.3 is 5.97 Å². The maximum atomic E-state index is 12.4. The number of benzene rings is 4. The van der Waals surface area contributed by atoms with Crippen molar-refractivity contribution < 1.29 is 36.8 Å². The van der Waals surface area contributed by atoms with Gasteiger partial charge in [0.15, 0.2) is 5.71 Å². The lowest BCUT2D eigenvalue weighted by Gasteiger charge is -2.27. The van der Waals surface area contributed by atoms with Gasteiger partial charge in [-0.1, -0.05) is 74.9 Å². The van der Waals surface area contributed by atoms with Crippen LogP contribution in [0, 0.1) is 0 Å². The molecule has 1 N–H and O–H groups in total. The van der Waals surface area contributed by atoms with Crippen LogP contribution in [0.15, 0.2) is 108 Å². The molecule has 0 aliphatic carbocycles. The van der Waals surface area contributed by atoms with Gasteiger partial charge in [0.2, 0.25) is 5.69 Å². The molecule has 0 unspecified atom stereocenters. The quantitative estimate of drug-likeness (QED) is 0.0499. The molecule has 3 heterocycles. The van der Waals surface area contributed by atoms with E-state index in [4.69, 9.17) is 4.84 Å². The molecule has 3 aliphatic heterocycles. The number of rotatable bonds is 12. The van der Waals surface area contributed by atoms with Crippen LogP contribution < -0.4 is 4.90 Å². The smallest absolute Gasteiger partial charge is 0.333 e. The van der Waals surface area contributed by atoms with Gasteiger partial charge in [0.05, 0.1) is 10.3 Å². The number of allylic oxidation sites excluding steroid dienone is 6. The Balaban J connectivity index is 1.14. The van der Waals surface area contributed by atoms with Crippen LogP contribution in [-0.4, -0.2) is 59.2 Å². The van der Waals surface area contributed by atoms with Gasteiger partial charge < -0.3 is 9.74 Å². The highest BCUT2D eigenvalue weighted by Gasteiger charge is 2.45. The average molecular weight is 775 g/mol. The van der Waals surface area contributed by atoms with E-state index < -0.39 is 33.3 Å². The van der Waals surface area contributed by atoms with Crippen molar-refractivity contribution in [3.05, 3.63) is 114 Å². The molecule has 56 heavy (non-hydrogen) atoms. The van der Waals surface area contributed by atoms with E-state index in [1.807, 2.05) is 12.1 Å². The molecular formula is C45H48N3O7S+. The molecule has 290 valence electrons. The van der Waals surface area contributed by atoms with E-state index in [1.165, 1.54) is 39.9 Å². The Labute approximate surface area is 328 Å². The molecule has 4 aromatic rings. The molecule has 0 saturated carbocycles. The molecule has 11 heteroatoms. The number of carbonyl (C=O) groups excluding carboxylic acids is 3. The summed E-state index contributed by atoms with van der Waals surface area (Å²) in [6, 6.07) is 21.6. The molecule has 2 amide bonds. The SMILES string of the molecule is CC[N+]1=C(/C=C/C=C/C=C2\N(CCCCCC(=O)ON3C(=O)CCC3=O)c3ccc4cc(S(=O)(=O)O)ccc4c3C2(C)C)C(C)(C)c2c1ccc1ccccc21. The molecular weight excluding hydrogens is 727 g/mol. The number of hydroxylamine groups is 2. The zero-order valence-corrected chi connectivity index (χ0v) is 33.4. The zero-order valence-electron chi connectivity index (χ0n) is 32.5. The van der Waals surface area contributed by atoms with Crippen molar-refractivity contribution in [1.29, 1.82) is 0 Å².